The van der Waals surface area contributed by atoms with E-state index in [-0.39, 0.29) is 17.8 Å². The van der Waals surface area contributed by atoms with Gasteiger partial charge in [-0.1, -0.05) is 42.3 Å². The number of rotatable bonds is 5. The van der Waals surface area contributed by atoms with Crippen molar-refractivity contribution in [2.45, 2.75) is 58.2 Å². The van der Waals surface area contributed by atoms with Crippen LogP contribution in [0.4, 0.5) is 4.39 Å². The molecule has 1 aliphatic carbocycles. The minimum Gasteiger partial charge on any atom is -0.348 e. The van der Waals surface area contributed by atoms with E-state index in [1.54, 1.807) is 16.8 Å². The number of carbonyl (C=O) groups excluding carboxylic acids is 1. The van der Waals surface area contributed by atoms with Crippen molar-refractivity contribution in [3.8, 4) is 5.69 Å². The molecule has 1 aliphatic heterocycles. The number of amides is 1. The summed E-state index contributed by atoms with van der Waals surface area (Å²) in [5, 5.41) is 11.7. The second-order valence-electron chi connectivity index (χ2n) is 8.90. The lowest BCUT2D eigenvalue weighted by molar-refractivity contribution is 0.0932. The molecule has 1 fully saturated rings. The Bertz CT molecular complexity index is 1140. The van der Waals surface area contributed by atoms with Crippen LogP contribution in [0.25, 0.3) is 5.69 Å². The molecular weight excluding hydrogens is 405 g/mol. The quantitative estimate of drug-likeness (QED) is 0.662. The fraction of sp³-hybridized carbons (Fsp3) is 0.400. The van der Waals surface area contributed by atoms with E-state index >= 15 is 0 Å². The first-order valence-electron chi connectivity index (χ1n) is 11.4. The summed E-state index contributed by atoms with van der Waals surface area (Å²) >= 11 is 0. The van der Waals surface area contributed by atoms with E-state index in [0.717, 1.165) is 55.8 Å². The third kappa shape index (κ3) is 4.17. The summed E-state index contributed by atoms with van der Waals surface area (Å²) in [5.74, 6) is -0.330. The largest absolute Gasteiger partial charge is 0.348 e. The summed E-state index contributed by atoms with van der Waals surface area (Å²) < 4.78 is 15.3. The molecule has 0 unspecified atom stereocenters. The molecule has 0 bridgehead atoms. The number of nitrogens with one attached hydrogen (secondary N) is 1. The Morgan fingerprint density at radius 1 is 1.19 bits per heavy atom. The predicted molar refractivity (Wildman–Crippen MR) is 120 cm³/mol. The van der Waals surface area contributed by atoms with Gasteiger partial charge in [-0.2, -0.15) is 0 Å². The number of aromatic nitrogens is 3. The Kier molecular flexibility index (Phi) is 5.74. The highest BCUT2D eigenvalue weighted by atomic mass is 19.1. The van der Waals surface area contributed by atoms with Gasteiger partial charge in [0.25, 0.3) is 5.91 Å². The molecule has 1 saturated carbocycles. The summed E-state index contributed by atoms with van der Waals surface area (Å²) in [6.45, 7) is 4.29. The monoisotopic (exact) mass is 433 g/mol. The van der Waals surface area contributed by atoms with Crippen molar-refractivity contribution in [3.05, 3.63) is 76.4 Å². The zero-order valence-corrected chi connectivity index (χ0v) is 18.4. The topological polar surface area (TPSA) is 63.1 Å². The van der Waals surface area contributed by atoms with Crippen molar-refractivity contribution in [2.24, 2.45) is 0 Å². The van der Waals surface area contributed by atoms with E-state index in [9.17, 15) is 9.18 Å². The van der Waals surface area contributed by atoms with Crippen LogP contribution in [0.2, 0.25) is 0 Å². The van der Waals surface area contributed by atoms with Crippen molar-refractivity contribution in [1.29, 1.82) is 0 Å². The fourth-order valence-electron chi connectivity index (χ4n) is 4.97. The van der Waals surface area contributed by atoms with Crippen LogP contribution < -0.4 is 5.32 Å². The molecule has 1 N–H and O–H groups in total. The summed E-state index contributed by atoms with van der Waals surface area (Å²) in [4.78, 5) is 15.1. The summed E-state index contributed by atoms with van der Waals surface area (Å²) in [6.07, 6.45) is 5.28. The summed E-state index contributed by atoms with van der Waals surface area (Å²) in [7, 11) is 0. The van der Waals surface area contributed by atoms with Crippen LogP contribution in [0.5, 0.6) is 0 Å². The molecule has 0 spiro atoms. The fourth-order valence-corrected chi connectivity index (χ4v) is 4.97. The SMILES string of the molecule is Cc1c(C(=O)NC2CCCC2)nnn1-c1cccc2c1CCN(Cc1cccc(F)c1)C2. The molecule has 0 radical (unpaired) electrons. The molecule has 2 aromatic carbocycles. The van der Waals surface area contributed by atoms with Crippen LogP contribution in [0.15, 0.2) is 42.5 Å². The van der Waals surface area contributed by atoms with Gasteiger partial charge in [-0.15, -0.1) is 5.10 Å². The first-order chi connectivity index (χ1) is 15.6. The van der Waals surface area contributed by atoms with E-state index in [1.807, 2.05) is 25.1 Å². The van der Waals surface area contributed by atoms with Gasteiger partial charge in [-0.3, -0.25) is 9.69 Å². The third-order valence-corrected chi connectivity index (χ3v) is 6.64. The number of nitrogens with zero attached hydrogens (tertiary/aromatic N) is 4. The van der Waals surface area contributed by atoms with Gasteiger partial charge in [0.05, 0.1) is 11.4 Å². The molecule has 0 atom stereocenters. The van der Waals surface area contributed by atoms with Gasteiger partial charge in [-0.25, -0.2) is 9.07 Å². The highest BCUT2D eigenvalue weighted by Crippen LogP contribution is 2.27. The first kappa shape index (κ1) is 20.8. The van der Waals surface area contributed by atoms with Crippen LogP contribution in [0.1, 0.15) is 58.6 Å². The molecule has 0 saturated heterocycles. The average molecular weight is 434 g/mol. The second-order valence-corrected chi connectivity index (χ2v) is 8.90. The number of carbonyl (C=O) groups is 1. The lowest BCUT2D eigenvalue weighted by atomic mass is 9.97. The van der Waals surface area contributed by atoms with E-state index in [4.69, 9.17) is 0 Å². The van der Waals surface area contributed by atoms with Crippen LogP contribution in [0, 0.1) is 12.7 Å². The van der Waals surface area contributed by atoms with E-state index in [1.165, 1.54) is 30.0 Å². The van der Waals surface area contributed by atoms with Gasteiger partial charge >= 0.3 is 0 Å². The van der Waals surface area contributed by atoms with Gasteiger partial charge < -0.3 is 5.32 Å². The molecular formula is C25H28FN5O. The molecule has 2 aliphatic rings. The van der Waals surface area contributed by atoms with Crippen molar-refractivity contribution >= 4 is 5.91 Å². The molecule has 7 heteroatoms. The maximum atomic E-state index is 13.5. The van der Waals surface area contributed by atoms with Gasteiger partial charge in [0, 0.05) is 25.7 Å². The second kappa shape index (κ2) is 8.82. The van der Waals surface area contributed by atoms with E-state index in [2.05, 4.69) is 26.6 Å². The molecule has 166 valence electrons. The maximum Gasteiger partial charge on any atom is 0.273 e. The van der Waals surface area contributed by atoms with Crippen molar-refractivity contribution in [1.82, 2.24) is 25.2 Å². The molecule has 5 rings (SSSR count). The highest BCUT2D eigenvalue weighted by molar-refractivity contribution is 5.93. The first-order valence-corrected chi connectivity index (χ1v) is 11.4. The summed E-state index contributed by atoms with van der Waals surface area (Å²) in [6, 6.07) is 13.3. The van der Waals surface area contributed by atoms with Crippen LogP contribution in [0.3, 0.4) is 0 Å². The Balaban J connectivity index is 1.35. The van der Waals surface area contributed by atoms with Gasteiger partial charge in [0.15, 0.2) is 5.69 Å². The predicted octanol–water partition coefficient (Wildman–Crippen LogP) is 3.95. The van der Waals surface area contributed by atoms with E-state index < -0.39 is 0 Å². The van der Waals surface area contributed by atoms with Crippen molar-refractivity contribution in [3.63, 3.8) is 0 Å². The maximum absolute atomic E-state index is 13.5. The molecule has 1 aromatic heterocycles. The lowest BCUT2D eigenvalue weighted by Gasteiger charge is -2.30. The molecule has 1 amide bonds. The van der Waals surface area contributed by atoms with Gasteiger partial charge in [0.1, 0.15) is 5.82 Å². The molecule has 6 nitrogen and oxygen atoms in total. The Labute approximate surface area is 187 Å². The van der Waals surface area contributed by atoms with Crippen molar-refractivity contribution in [2.75, 3.05) is 6.54 Å². The Morgan fingerprint density at radius 3 is 2.81 bits per heavy atom. The van der Waals surface area contributed by atoms with Crippen LogP contribution in [-0.2, 0) is 19.5 Å². The van der Waals surface area contributed by atoms with Crippen LogP contribution >= 0.6 is 0 Å². The number of halogens is 1. The van der Waals surface area contributed by atoms with Crippen LogP contribution in [-0.4, -0.2) is 38.4 Å². The minimum absolute atomic E-state index is 0.133. The zero-order chi connectivity index (χ0) is 22.1. The number of fused-ring (bicyclic) bond motifs is 1. The Hall–Kier alpha value is -3.06. The number of hydrogen-bond donors (Lipinski definition) is 1. The standard InChI is InChI=1S/C25H28FN5O/c1-17-24(25(32)27-21-9-2-3-10-21)28-29-31(17)23-11-5-7-19-16-30(13-12-22(19)23)15-18-6-4-8-20(26)14-18/h4-8,11,14,21H,2-3,9-10,12-13,15-16H2,1H3,(H,27,32). The number of benzene rings is 2. The smallest absolute Gasteiger partial charge is 0.273 e. The van der Waals surface area contributed by atoms with Gasteiger partial charge in [-0.05, 0) is 61.1 Å². The Morgan fingerprint density at radius 2 is 2.00 bits per heavy atom. The normalized spacial score (nSPS) is 16.8. The highest BCUT2D eigenvalue weighted by Gasteiger charge is 2.25. The van der Waals surface area contributed by atoms with Gasteiger partial charge in [0.2, 0.25) is 0 Å². The molecule has 32 heavy (non-hydrogen) atoms. The molecule has 3 aromatic rings. The zero-order valence-electron chi connectivity index (χ0n) is 18.4. The summed E-state index contributed by atoms with van der Waals surface area (Å²) in [5.41, 5.74) is 5.59. The average Bonchev–Trinajstić information content (AvgIpc) is 3.43. The third-order valence-electron chi connectivity index (χ3n) is 6.64. The van der Waals surface area contributed by atoms with Crippen molar-refractivity contribution < 1.29 is 9.18 Å². The number of hydrogen-bond acceptors (Lipinski definition) is 4. The minimum atomic E-state index is -0.198. The van der Waals surface area contributed by atoms with E-state index in [0.29, 0.717) is 5.69 Å². The lowest BCUT2D eigenvalue weighted by Crippen LogP contribution is -2.33. The molecule has 2 heterocycles.